The van der Waals surface area contributed by atoms with E-state index in [0.717, 1.165) is 12.0 Å². The zero-order valence-electron chi connectivity index (χ0n) is 16.1. The van der Waals surface area contributed by atoms with E-state index in [1.54, 1.807) is 0 Å². The number of imidazole rings is 1. The number of H-pyrrole nitrogens is 1. The van der Waals surface area contributed by atoms with Crippen LogP contribution in [0.5, 0.6) is 11.8 Å². The Morgan fingerprint density at radius 1 is 1.25 bits per heavy atom. The Kier molecular flexibility index (Phi) is 5.84. The highest BCUT2D eigenvalue weighted by atomic mass is 16.5. The first-order chi connectivity index (χ1) is 13.4. The molecule has 0 radical (unpaired) electrons. The predicted molar refractivity (Wildman–Crippen MR) is 104 cm³/mol. The lowest BCUT2D eigenvalue weighted by molar-refractivity contribution is 0.0899. The van der Waals surface area contributed by atoms with Crippen molar-refractivity contribution in [2.45, 2.75) is 32.9 Å². The molecule has 0 fully saturated rings. The summed E-state index contributed by atoms with van der Waals surface area (Å²) < 4.78 is 14.0. The highest BCUT2D eigenvalue weighted by Crippen LogP contribution is 2.20. The number of ether oxygens (including phenoxy) is 2. The lowest BCUT2D eigenvalue weighted by Crippen LogP contribution is -2.30. The van der Waals surface area contributed by atoms with Gasteiger partial charge in [0.2, 0.25) is 0 Å². The fourth-order valence-electron chi connectivity index (χ4n) is 2.86. The molecule has 3 rings (SSSR count). The molecule has 2 aromatic heterocycles. The molecule has 9 heteroatoms. The van der Waals surface area contributed by atoms with Gasteiger partial charge >= 0.3 is 5.69 Å². The van der Waals surface area contributed by atoms with Crippen LogP contribution in [-0.2, 0) is 13.6 Å². The number of nitrogens with one attached hydrogen (secondary N) is 1. The number of nitrogens with zero attached hydrogens (tertiary/aromatic N) is 3. The second kappa shape index (κ2) is 8.30. The molecule has 28 heavy (non-hydrogen) atoms. The monoisotopic (exact) mass is 388 g/mol. The third-order valence-corrected chi connectivity index (χ3v) is 4.33. The van der Waals surface area contributed by atoms with Crippen molar-refractivity contribution in [1.82, 2.24) is 19.1 Å². The summed E-state index contributed by atoms with van der Waals surface area (Å²) in [4.78, 5) is 30.8. The van der Waals surface area contributed by atoms with Gasteiger partial charge in [0.15, 0.2) is 11.2 Å². The molecule has 1 aromatic carbocycles. The van der Waals surface area contributed by atoms with Crippen LogP contribution in [0.1, 0.15) is 18.9 Å². The van der Waals surface area contributed by atoms with Crippen molar-refractivity contribution in [1.29, 1.82) is 0 Å². The number of hydrogen-bond donors (Lipinski definition) is 2. The number of aliphatic hydroxyl groups is 1. The average molecular weight is 388 g/mol. The Balaban J connectivity index is 1.90. The second-order valence-corrected chi connectivity index (χ2v) is 6.57. The first-order valence-corrected chi connectivity index (χ1v) is 9.11. The van der Waals surface area contributed by atoms with E-state index in [9.17, 15) is 14.7 Å². The smallest absolute Gasteiger partial charge is 0.329 e. The van der Waals surface area contributed by atoms with Gasteiger partial charge in [0.25, 0.3) is 11.6 Å². The van der Waals surface area contributed by atoms with Crippen LogP contribution in [0.15, 0.2) is 33.9 Å². The lowest BCUT2D eigenvalue weighted by atomic mass is 10.2. The van der Waals surface area contributed by atoms with Crippen molar-refractivity contribution < 1.29 is 14.6 Å². The van der Waals surface area contributed by atoms with Crippen LogP contribution in [-0.4, -0.2) is 43.5 Å². The summed E-state index contributed by atoms with van der Waals surface area (Å²) in [7, 11) is 1.51. The quantitative estimate of drug-likeness (QED) is 0.595. The van der Waals surface area contributed by atoms with Crippen molar-refractivity contribution in [2.24, 2.45) is 7.05 Å². The van der Waals surface area contributed by atoms with Crippen molar-refractivity contribution in [3.8, 4) is 11.8 Å². The number of benzene rings is 1. The first kappa shape index (κ1) is 19.7. The van der Waals surface area contributed by atoms with Gasteiger partial charge in [0.1, 0.15) is 18.5 Å². The van der Waals surface area contributed by atoms with Gasteiger partial charge in [-0.25, -0.2) is 4.79 Å². The summed E-state index contributed by atoms with van der Waals surface area (Å²) in [6.07, 6.45) is -0.171. The Morgan fingerprint density at radius 2 is 2.00 bits per heavy atom. The molecule has 0 saturated carbocycles. The van der Waals surface area contributed by atoms with Crippen molar-refractivity contribution in [3.63, 3.8) is 0 Å². The standard InChI is InChI=1S/C19H24N4O5/c1-4-9-27-19-20-16-15(17(25)21-18(26)22(16)3)23(19)10-13(24)11-28-14-8-6-5-7-12(14)2/h5-8,13,24H,4,9-11H2,1-3H3,(H,21,25,26)/t13-/m1/s1. The molecule has 2 heterocycles. The SMILES string of the molecule is CCCOc1nc2c(c(=O)[nH]c(=O)n2C)n1C[C@@H](O)COc1ccccc1C. The molecule has 1 atom stereocenters. The minimum atomic E-state index is -0.919. The van der Waals surface area contributed by atoms with Gasteiger partial charge in [-0.15, -0.1) is 0 Å². The Hall–Kier alpha value is -3.07. The maximum absolute atomic E-state index is 12.4. The number of aromatic amines is 1. The summed E-state index contributed by atoms with van der Waals surface area (Å²) in [5.41, 5.74) is 0.188. The number of aromatic nitrogens is 4. The minimum Gasteiger partial charge on any atom is -0.491 e. The van der Waals surface area contributed by atoms with E-state index in [1.165, 1.54) is 16.2 Å². The number of fused-ring (bicyclic) bond motifs is 1. The van der Waals surface area contributed by atoms with Gasteiger partial charge in [-0.2, -0.15) is 4.98 Å². The maximum atomic E-state index is 12.4. The molecule has 0 aliphatic carbocycles. The van der Waals surface area contributed by atoms with Gasteiger partial charge in [-0.3, -0.25) is 18.9 Å². The molecule has 150 valence electrons. The molecule has 3 aromatic rings. The molecule has 0 spiro atoms. The predicted octanol–water partition coefficient (Wildman–Crippen LogP) is 0.960. The fourth-order valence-corrected chi connectivity index (χ4v) is 2.86. The van der Waals surface area contributed by atoms with E-state index in [-0.39, 0.29) is 30.3 Å². The summed E-state index contributed by atoms with van der Waals surface area (Å²) in [5, 5.41) is 10.5. The molecule has 0 aliphatic heterocycles. The molecule has 9 nitrogen and oxygen atoms in total. The molecular formula is C19H24N4O5. The molecule has 0 saturated heterocycles. The van der Waals surface area contributed by atoms with Crippen LogP contribution in [0.2, 0.25) is 0 Å². The molecule has 0 unspecified atom stereocenters. The number of aliphatic hydroxyl groups excluding tert-OH is 1. The van der Waals surface area contributed by atoms with Crippen LogP contribution in [0.25, 0.3) is 11.2 Å². The first-order valence-electron chi connectivity index (χ1n) is 9.11. The summed E-state index contributed by atoms with van der Waals surface area (Å²) in [5.74, 6) is 0.680. The van der Waals surface area contributed by atoms with Crippen LogP contribution in [0.4, 0.5) is 0 Å². The van der Waals surface area contributed by atoms with Gasteiger partial charge in [0.05, 0.1) is 13.2 Å². The average Bonchev–Trinajstić information content (AvgIpc) is 3.02. The van der Waals surface area contributed by atoms with Gasteiger partial charge in [-0.1, -0.05) is 25.1 Å². The van der Waals surface area contributed by atoms with Crippen LogP contribution in [0.3, 0.4) is 0 Å². The van der Waals surface area contributed by atoms with Gasteiger partial charge < -0.3 is 14.6 Å². The number of hydrogen-bond acceptors (Lipinski definition) is 6. The summed E-state index contributed by atoms with van der Waals surface area (Å²) in [6, 6.07) is 7.68. The fraction of sp³-hybridized carbons (Fsp3) is 0.421. The highest BCUT2D eigenvalue weighted by Gasteiger charge is 2.21. The van der Waals surface area contributed by atoms with E-state index in [0.29, 0.717) is 12.4 Å². The normalized spacial score (nSPS) is 12.3. The molecule has 0 aliphatic rings. The number of para-hydroxylation sites is 1. The lowest BCUT2D eigenvalue weighted by Gasteiger charge is -2.16. The van der Waals surface area contributed by atoms with Crippen molar-refractivity contribution >= 4 is 11.2 Å². The van der Waals surface area contributed by atoms with Gasteiger partial charge in [0, 0.05) is 7.05 Å². The maximum Gasteiger partial charge on any atom is 0.329 e. The number of rotatable bonds is 8. The van der Waals surface area contributed by atoms with Crippen molar-refractivity contribution in [2.75, 3.05) is 13.2 Å². The Bertz CT molecular complexity index is 1080. The Labute approximate surface area is 161 Å². The third kappa shape index (κ3) is 3.94. The molecular weight excluding hydrogens is 364 g/mol. The second-order valence-electron chi connectivity index (χ2n) is 6.57. The van der Waals surface area contributed by atoms with E-state index in [2.05, 4.69) is 9.97 Å². The zero-order chi connectivity index (χ0) is 20.3. The summed E-state index contributed by atoms with van der Waals surface area (Å²) >= 11 is 0. The molecule has 2 N–H and O–H groups in total. The Morgan fingerprint density at radius 3 is 2.71 bits per heavy atom. The topological polar surface area (TPSA) is 111 Å². The minimum absolute atomic E-state index is 0.0292. The van der Waals surface area contributed by atoms with E-state index < -0.39 is 17.4 Å². The molecule has 0 amide bonds. The number of aryl methyl sites for hydroxylation is 2. The van der Waals surface area contributed by atoms with E-state index >= 15 is 0 Å². The molecule has 0 bridgehead atoms. The van der Waals surface area contributed by atoms with E-state index in [4.69, 9.17) is 9.47 Å². The zero-order valence-corrected chi connectivity index (χ0v) is 16.1. The van der Waals surface area contributed by atoms with Crippen molar-refractivity contribution in [3.05, 3.63) is 50.7 Å². The van der Waals surface area contributed by atoms with Gasteiger partial charge in [-0.05, 0) is 25.0 Å². The van der Waals surface area contributed by atoms with Crippen LogP contribution in [0, 0.1) is 6.92 Å². The summed E-state index contributed by atoms with van der Waals surface area (Å²) in [6.45, 7) is 4.32. The third-order valence-electron chi connectivity index (χ3n) is 4.33. The largest absolute Gasteiger partial charge is 0.491 e. The van der Waals surface area contributed by atoms with Crippen LogP contribution < -0.4 is 20.7 Å². The highest BCUT2D eigenvalue weighted by molar-refractivity contribution is 5.71. The van der Waals surface area contributed by atoms with Crippen LogP contribution >= 0.6 is 0 Å². The van der Waals surface area contributed by atoms with E-state index in [1.807, 2.05) is 38.1 Å².